The summed E-state index contributed by atoms with van der Waals surface area (Å²) in [7, 11) is -0.766. The van der Waals surface area contributed by atoms with Crippen molar-refractivity contribution in [1.29, 1.82) is 0 Å². The molecule has 0 N–H and O–H groups in total. The van der Waals surface area contributed by atoms with Gasteiger partial charge in [0.25, 0.3) is 0 Å². The Labute approximate surface area is 202 Å². The predicted molar refractivity (Wildman–Crippen MR) is 131 cm³/mol. The number of carbonyl (C=O) groups excluding carboxylic acids is 2. The minimum absolute atomic E-state index is 0.0884. The van der Waals surface area contributed by atoms with Crippen LogP contribution in [0.3, 0.4) is 0 Å². The van der Waals surface area contributed by atoms with Crippen molar-refractivity contribution in [3.8, 4) is 5.75 Å². The number of carbonyl (C=O) groups is 2. The molecule has 2 aromatic rings. The van der Waals surface area contributed by atoms with Crippen LogP contribution in [0.5, 0.6) is 5.75 Å². The molecule has 1 unspecified atom stereocenters. The van der Waals surface area contributed by atoms with Crippen LogP contribution in [0.1, 0.15) is 66.2 Å². The van der Waals surface area contributed by atoms with Gasteiger partial charge in [-0.1, -0.05) is 13.8 Å². The van der Waals surface area contributed by atoms with E-state index >= 15 is 0 Å². The first-order valence-electron chi connectivity index (χ1n) is 11.4. The van der Waals surface area contributed by atoms with Crippen LogP contribution in [0.2, 0.25) is 0 Å². The van der Waals surface area contributed by atoms with E-state index in [1.54, 1.807) is 51.4 Å². The van der Waals surface area contributed by atoms with E-state index in [1.165, 1.54) is 23.5 Å². The molecular formula is C25H36N2O6S. The summed E-state index contributed by atoms with van der Waals surface area (Å²) in [4.78, 5) is 26.3. The second kappa shape index (κ2) is 11.2. The second-order valence-electron chi connectivity index (χ2n) is 8.73. The zero-order chi connectivity index (χ0) is 25.8. The van der Waals surface area contributed by atoms with Gasteiger partial charge >= 0.3 is 5.97 Å². The van der Waals surface area contributed by atoms with E-state index in [-0.39, 0.29) is 29.7 Å². The van der Waals surface area contributed by atoms with E-state index in [2.05, 4.69) is 0 Å². The smallest absolute Gasteiger partial charge is 0.355 e. The summed E-state index contributed by atoms with van der Waals surface area (Å²) >= 11 is 0. The first-order valence-corrected chi connectivity index (χ1v) is 12.8. The van der Waals surface area contributed by atoms with E-state index in [0.717, 1.165) is 0 Å². The minimum atomic E-state index is -3.97. The molecule has 1 heterocycles. The van der Waals surface area contributed by atoms with Crippen LogP contribution in [-0.4, -0.2) is 55.3 Å². The van der Waals surface area contributed by atoms with Crippen molar-refractivity contribution < 1.29 is 27.5 Å². The van der Waals surface area contributed by atoms with Crippen molar-refractivity contribution in [1.82, 2.24) is 8.87 Å². The number of esters is 1. The Kier molecular flexibility index (Phi) is 9.08. The molecule has 34 heavy (non-hydrogen) atoms. The molecule has 0 aliphatic rings. The van der Waals surface area contributed by atoms with Gasteiger partial charge in [0, 0.05) is 24.8 Å². The molecule has 0 aliphatic heterocycles. The zero-order valence-corrected chi connectivity index (χ0v) is 22.2. The van der Waals surface area contributed by atoms with Gasteiger partial charge in [0.1, 0.15) is 11.4 Å². The average molecular weight is 493 g/mol. The lowest BCUT2D eigenvalue weighted by atomic mass is 10.0. The third-order valence-corrected chi connectivity index (χ3v) is 8.03. The number of ether oxygens (including phenoxy) is 2. The molecule has 8 nitrogen and oxygen atoms in total. The molecule has 2 rings (SSSR count). The molecule has 188 valence electrons. The maximum absolute atomic E-state index is 13.7. The Balaban J connectivity index is 2.53. The maximum atomic E-state index is 13.7. The Morgan fingerprint density at radius 1 is 1.09 bits per heavy atom. The highest BCUT2D eigenvalue weighted by molar-refractivity contribution is 7.89. The Morgan fingerprint density at radius 3 is 2.18 bits per heavy atom. The van der Waals surface area contributed by atoms with Gasteiger partial charge in [-0.3, -0.25) is 4.79 Å². The third-order valence-electron chi connectivity index (χ3n) is 6.05. The highest BCUT2D eigenvalue weighted by Gasteiger charge is 2.36. The van der Waals surface area contributed by atoms with Gasteiger partial charge in [0.05, 0.1) is 24.7 Å². The van der Waals surface area contributed by atoms with Gasteiger partial charge in [-0.25, -0.2) is 13.2 Å². The van der Waals surface area contributed by atoms with Gasteiger partial charge < -0.3 is 14.0 Å². The molecule has 1 aromatic carbocycles. The Hall–Kier alpha value is -2.65. The fraction of sp³-hybridized carbons (Fsp3) is 0.520. The number of ketones is 1. The van der Waals surface area contributed by atoms with Crippen LogP contribution < -0.4 is 4.74 Å². The standard InChI is InChI=1S/C25H36N2O6S/c1-9-33-25(29)23-17(4)22(18(5)26(23)7)24(28)19(6)27(15-14-16(2)3)34(30,31)21-12-10-20(32-8)11-13-21/h10-13,16,19H,9,14-15H2,1-8H3. The van der Waals surface area contributed by atoms with Crippen LogP contribution in [0.25, 0.3) is 0 Å². The van der Waals surface area contributed by atoms with Gasteiger partial charge in [-0.15, -0.1) is 0 Å². The molecule has 0 bridgehead atoms. The number of Topliss-reactive ketones (excluding diaryl/α,β-unsaturated/α-hetero) is 1. The highest BCUT2D eigenvalue weighted by Crippen LogP contribution is 2.28. The predicted octanol–water partition coefficient (Wildman–Crippen LogP) is 4.14. The van der Waals surface area contributed by atoms with Crippen molar-refractivity contribution in [3.05, 3.63) is 46.8 Å². The van der Waals surface area contributed by atoms with Crippen molar-refractivity contribution in [3.63, 3.8) is 0 Å². The largest absolute Gasteiger partial charge is 0.497 e. The van der Waals surface area contributed by atoms with Crippen molar-refractivity contribution >= 4 is 21.8 Å². The van der Waals surface area contributed by atoms with Gasteiger partial charge in [0.15, 0.2) is 5.78 Å². The number of sulfonamides is 1. The third kappa shape index (κ3) is 5.52. The van der Waals surface area contributed by atoms with Crippen LogP contribution in [-0.2, 0) is 21.8 Å². The minimum Gasteiger partial charge on any atom is -0.497 e. The average Bonchev–Trinajstić information content (AvgIpc) is 3.01. The second-order valence-corrected chi connectivity index (χ2v) is 10.6. The number of hydrogen-bond donors (Lipinski definition) is 0. The van der Waals surface area contributed by atoms with Crippen LogP contribution >= 0.6 is 0 Å². The van der Waals surface area contributed by atoms with E-state index in [4.69, 9.17) is 9.47 Å². The molecule has 0 saturated carbocycles. The molecule has 0 spiro atoms. The quantitative estimate of drug-likeness (QED) is 0.346. The van der Waals surface area contributed by atoms with Crippen LogP contribution in [0, 0.1) is 19.8 Å². The molecule has 1 atom stereocenters. The SMILES string of the molecule is CCOC(=O)c1c(C)c(C(=O)C(C)N(CCC(C)C)S(=O)(=O)c2ccc(OC)cc2)c(C)n1C. The lowest BCUT2D eigenvalue weighted by molar-refractivity contribution is 0.0514. The number of aromatic nitrogens is 1. The van der Waals surface area contributed by atoms with E-state index in [9.17, 15) is 18.0 Å². The molecule has 0 saturated heterocycles. The fourth-order valence-corrected chi connectivity index (χ4v) is 5.57. The van der Waals surface area contributed by atoms with Crippen molar-refractivity contribution in [2.45, 2.75) is 58.9 Å². The number of hydrogen-bond acceptors (Lipinski definition) is 6. The number of benzene rings is 1. The number of rotatable bonds is 11. The van der Waals surface area contributed by atoms with E-state index in [0.29, 0.717) is 34.7 Å². The monoisotopic (exact) mass is 492 g/mol. The first-order chi connectivity index (χ1) is 15.9. The fourth-order valence-electron chi connectivity index (χ4n) is 3.96. The Morgan fingerprint density at radius 2 is 1.68 bits per heavy atom. The molecule has 1 aromatic heterocycles. The maximum Gasteiger partial charge on any atom is 0.355 e. The number of nitrogens with zero attached hydrogens (tertiary/aromatic N) is 2. The summed E-state index contributed by atoms with van der Waals surface area (Å²) < 4.78 is 40.4. The first kappa shape index (κ1) is 27.6. The summed E-state index contributed by atoms with van der Waals surface area (Å²) in [5.74, 6) is -0.0906. The normalized spacial score (nSPS) is 12.8. The summed E-state index contributed by atoms with van der Waals surface area (Å²) in [6, 6.07) is 5.14. The topological polar surface area (TPSA) is 94.9 Å². The summed E-state index contributed by atoms with van der Waals surface area (Å²) in [5.41, 5.74) is 1.71. The highest BCUT2D eigenvalue weighted by atomic mass is 32.2. The lowest BCUT2D eigenvalue weighted by Gasteiger charge is -2.28. The Bertz CT molecular complexity index is 1130. The van der Waals surface area contributed by atoms with Gasteiger partial charge in [-0.05, 0) is 69.9 Å². The zero-order valence-electron chi connectivity index (χ0n) is 21.3. The number of methoxy groups -OCH3 is 1. The lowest BCUT2D eigenvalue weighted by Crippen LogP contribution is -2.44. The molecular weight excluding hydrogens is 456 g/mol. The van der Waals surface area contributed by atoms with Crippen molar-refractivity contribution in [2.24, 2.45) is 13.0 Å². The molecule has 9 heteroatoms. The van der Waals surface area contributed by atoms with Crippen LogP contribution in [0.4, 0.5) is 0 Å². The molecule has 0 fully saturated rings. The molecule has 0 amide bonds. The van der Waals surface area contributed by atoms with E-state index in [1.807, 2.05) is 13.8 Å². The summed E-state index contributed by atoms with van der Waals surface area (Å²) in [6.07, 6.45) is 0.591. The summed E-state index contributed by atoms with van der Waals surface area (Å²) in [6.45, 7) is 11.2. The molecule has 0 aliphatic carbocycles. The van der Waals surface area contributed by atoms with Gasteiger partial charge in [-0.2, -0.15) is 4.31 Å². The van der Waals surface area contributed by atoms with Crippen molar-refractivity contribution in [2.75, 3.05) is 20.3 Å². The molecule has 0 radical (unpaired) electrons. The summed E-state index contributed by atoms with van der Waals surface area (Å²) in [5, 5.41) is 0. The van der Waals surface area contributed by atoms with Crippen LogP contribution in [0.15, 0.2) is 29.2 Å². The van der Waals surface area contributed by atoms with Gasteiger partial charge in [0.2, 0.25) is 10.0 Å². The van der Waals surface area contributed by atoms with E-state index < -0.39 is 22.0 Å².